The van der Waals surface area contributed by atoms with Crippen molar-refractivity contribution in [1.29, 1.82) is 0 Å². The van der Waals surface area contributed by atoms with E-state index in [-0.39, 0.29) is 17.9 Å². The second kappa shape index (κ2) is 6.81. The smallest absolute Gasteiger partial charge is 0.328 e. The molecule has 1 aliphatic heterocycles. The van der Waals surface area contributed by atoms with Gasteiger partial charge in [-0.3, -0.25) is 4.79 Å². The van der Waals surface area contributed by atoms with E-state index in [0.717, 1.165) is 62.7 Å². The van der Waals surface area contributed by atoms with Crippen LogP contribution in [0.5, 0.6) is 0 Å². The van der Waals surface area contributed by atoms with Crippen molar-refractivity contribution < 1.29 is 18.8 Å². The molecule has 0 spiro atoms. The third-order valence-corrected chi connectivity index (χ3v) is 6.20. The molecule has 1 saturated heterocycles. The van der Waals surface area contributed by atoms with Crippen LogP contribution in [0.3, 0.4) is 0 Å². The van der Waals surface area contributed by atoms with Gasteiger partial charge in [0.15, 0.2) is 5.69 Å². The van der Waals surface area contributed by atoms with Crippen LogP contribution in [0.15, 0.2) is 4.52 Å². The number of methoxy groups -OCH3 is 1. The molecule has 25 heavy (non-hydrogen) atoms. The van der Waals surface area contributed by atoms with Gasteiger partial charge in [0.1, 0.15) is 11.8 Å². The molecule has 0 N–H and O–H groups in total. The topological polar surface area (TPSA) is 72.6 Å². The van der Waals surface area contributed by atoms with Crippen LogP contribution in [0, 0.1) is 5.92 Å². The zero-order chi connectivity index (χ0) is 17.4. The first-order valence-corrected chi connectivity index (χ1v) is 9.58. The van der Waals surface area contributed by atoms with Gasteiger partial charge >= 0.3 is 5.97 Å². The maximum atomic E-state index is 13.4. The molecule has 6 heteroatoms. The summed E-state index contributed by atoms with van der Waals surface area (Å²) in [5.41, 5.74) is 1.39. The van der Waals surface area contributed by atoms with E-state index in [0.29, 0.717) is 18.0 Å². The number of esters is 1. The molecular formula is C19H26N2O4. The van der Waals surface area contributed by atoms with Crippen LogP contribution >= 0.6 is 0 Å². The number of rotatable bonds is 2. The van der Waals surface area contributed by atoms with Crippen molar-refractivity contribution in [2.45, 2.75) is 76.3 Å². The molecule has 1 aromatic rings. The first kappa shape index (κ1) is 16.6. The van der Waals surface area contributed by atoms with Crippen molar-refractivity contribution in [3.8, 4) is 0 Å². The quantitative estimate of drug-likeness (QED) is 0.608. The lowest BCUT2D eigenvalue weighted by atomic mass is 9.84. The Morgan fingerprint density at radius 3 is 2.76 bits per heavy atom. The van der Waals surface area contributed by atoms with Gasteiger partial charge in [-0.2, -0.15) is 0 Å². The number of likely N-dealkylation sites (tertiary alicyclic amines) is 1. The molecule has 2 aliphatic carbocycles. The number of hydrogen-bond donors (Lipinski definition) is 0. The Morgan fingerprint density at radius 1 is 1.12 bits per heavy atom. The second-order valence-electron chi connectivity index (χ2n) is 7.59. The van der Waals surface area contributed by atoms with Gasteiger partial charge in [0.05, 0.1) is 7.11 Å². The molecule has 3 aliphatic rings. The van der Waals surface area contributed by atoms with Gasteiger partial charge in [-0.05, 0) is 44.4 Å². The average molecular weight is 346 g/mol. The molecule has 136 valence electrons. The molecule has 0 radical (unpaired) electrons. The summed E-state index contributed by atoms with van der Waals surface area (Å²) in [6, 6.07) is -0.354. The number of carbonyl (C=O) groups is 2. The highest BCUT2D eigenvalue weighted by atomic mass is 16.5. The van der Waals surface area contributed by atoms with Crippen molar-refractivity contribution in [3.05, 3.63) is 17.0 Å². The first-order valence-electron chi connectivity index (χ1n) is 9.58. The van der Waals surface area contributed by atoms with Gasteiger partial charge < -0.3 is 14.2 Å². The molecule has 4 rings (SSSR count). The number of carbonyl (C=O) groups excluding carboxylic acids is 2. The Balaban J connectivity index is 1.67. The Kier molecular flexibility index (Phi) is 4.52. The molecule has 0 unspecified atom stereocenters. The summed E-state index contributed by atoms with van der Waals surface area (Å²) in [5.74, 6) is 0.802. The molecule has 0 aromatic carbocycles. The number of fused-ring (bicyclic) bond motifs is 2. The minimum Gasteiger partial charge on any atom is -0.467 e. The number of nitrogens with zero attached hydrogens (tertiary/aromatic N) is 2. The van der Waals surface area contributed by atoms with Gasteiger partial charge in [0.2, 0.25) is 0 Å². The Labute approximate surface area is 147 Å². The SMILES string of the molecule is COC(=O)[C@@H]1C[C@H]2CCCC[C@H]2N1C(=O)c1noc2c1CCCCC2. The van der Waals surface area contributed by atoms with E-state index < -0.39 is 6.04 Å². The van der Waals surface area contributed by atoms with E-state index in [1.807, 2.05) is 0 Å². The third-order valence-electron chi connectivity index (χ3n) is 6.20. The van der Waals surface area contributed by atoms with E-state index >= 15 is 0 Å². The number of ether oxygens (including phenoxy) is 1. The summed E-state index contributed by atoms with van der Waals surface area (Å²) in [6.45, 7) is 0. The predicted octanol–water partition coefficient (Wildman–Crippen LogP) is 2.89. The lowest BCUT2D eigenvalue weighted by Crippen LogP contribution is -2.47. The first-order chi connectivity index (χ1) is 12.2. The van der Waals surface area contributed by atoms with Crippen LogP contribution in [0.4, 0.5) is 0 Å². The Hall–Kier alpha value is -1.85. The zero-order valence-electron chi connectivity index (χ0n) is 14.8. The van der Waals surface area contributed by atoms with E-state index in [1.165, 1.54) is 13.5 Å². The standard InChI is InChI=1S/C19H26N2O4/c1-24-19(23)15-11-12-7-5-6-9-14(12)21(15)18(22)17-13-8-3-2-4-10-16(13)25-20-17/h12,14-15H,2-11H2,1H3/t12-,14-,15+/m1/s1. The van der Waals surface area contributed by atoms with Gasteiger partial charge in [0, 0.05) is 18.0 Å². The molecule has 1 amide bonds. The monoisotopic (exact) mass is 346 g/mol. The molecule has 3 atom stereocenters. The van der Waals surface area contributed by atoms with Gasteiger partial charge in [-0.25, -0.2) is 4.79 Å². The number of hydrogen-bond acceptors (Lipinski definition) is 5. The van der Waals surface area contributed by atoms with Crippen LogP contribution in [-0.4, -0.2) is 41.1 Å². The average Bonchev–Trinajstić information content (AvgIpc) is 3.14. The fraction of sp³-hybridized carbons (Fsp3) is 0.737. The third kappa shape index (κ3) is 2.85. The Bertz CT molecular complexity index is 668. The van der Waals surface area contributed by atoms with Crippen LogP contribution in [0.1, 0.15) is 73.2 Å². The minimum atomic E-state index is -0.483. The fourth-order valence-electron chi connectivity index (χ4n) is 4.95. The highest BCUT2D eigenvalue weighted by Crippen LogP contribution is 2.41. The maximum absolute atomic E-state index is 13.4. The predicted molar refractivity (Wildman–Crippen MR) is 90.1 cm³/mol. The molecule has 1 aromatic heterocycles. The minimum absolute atomic E-state index is 0.128. The van der Waals surface area contributed by atoms with E-state index in [2.05, 4.69) is 5.16 Å². The lowest BCUT2D eigenvalue weighted by molar-refractivity contribution is -0.145. The fourth-order valence-corrected chi connectivity index (χ4v) is 4.95. The molecule has 2 fully saturated rings. The van der Waals surface area contributed by atoms with Gasteiger partial charge in [-0.15, -0.1) is 0 Å². The molecule has 1 saturated carbocycles. The van der Waals surface area contributed by atoms with Crippen LogP contribution < -0.4 is 0 Å². The van der Waals surface area contributed by atoms with Crippen molar-refractivity contribution in [1.82, 2.24) is 10.1 Å². The number of amides is 1. The normalized spacial score (nSPS) is 28.8. The summed E-state index contributed by atoms with van der Waals surface area (Å²) < 4.78 is 10.5. The van der Waals surface area contributed by atoms with Crippen molar-refractivity contribution in [2.24, 2.45) is 5.92 Å². The van der Waals surface area contributed by atoms with Crippen LogP contribution in [0.2, 0.25) is 0 Å². The number of aromatic nitrogens is 1. The summed E-state index contributed by atoms with van der Waals surface area (Å²) in [5, 5.41) is 4.12. The van der Waals surface area contributed by atoms with Crippen molar-refractivity contribution >= 4 is 11.9 Å². The summed E-state index contributed by atoms with van der Waals surface area (Å²) in [7, 11) is 1.40. The molecule has 2 heterocycles. The molecular weight excluding hydrogens is 320 g/mol. The summed E-state index contributed by atoms with van der Waals surface area (Å²) in [6.07, 6.45) is 10.0. The molecule has 0 bridgehead atoms. The lowest BCUT2D eigenvalue weighted by Gasteiger charge is -2.32. The Morgan fingerprint density at radius 2 is 1.92 bits per heavy atom. The zero-order valence-corrected chi connectivity index (χ0v) is 14.8. The summed E-state index contributed by atoms with van der Waals surface area (Å²) >= 11 is 0. The van der Waals surface area contributed by atoms with E-state index in [1.54, 1.807) is 4.90 Å². The second-order valence-corrected chi connectivity index (χ2v) is 7.59. The highest BCUT2D eigenvalue weighted by Gasteiger charge is 2.49. The van der Waals surface area contributed by atoms with Crippen molar-refractivity contribution in [2.75, 3.05) is 7.11 Å². The maximum Gasteiger partial charge on any atom is 0.328 e. The summed E-state index contributed by atoms with van der Waals surface area (Å²) in [4.78, 5) is 27.5. The van der Waals surface area contributed by atoms with E-state index in [4.69, 9.17) is 9.26 Å². The van der Waals surface area contributed by atoms with Gasteiger partial charge in [-0.1, -0.05) is 24.4 Å². The van der Waals surface area contributed by atoms with Gasteiger partial charge in [0.25, 0.3) is 5.91 Å². The highest BCUT2D eigenvalue weighted by molar-refractivity contribution is 5.97. The van der Waals surface area contributed by atoms with Crippen molar-refractivity contribution in [3.63, 3.8) is 0 Å². The van der Waals surface area contributed by atoms with Crippen LogP contribution in [0.25, 0.3) is 0 Å². The largest absolute Gasteiger partial charge is 0.467 e. The number of aryl methyl sites for hydroxylation is 1. The molecule has 6 nitrogen and oxygen atoms in total. The van der Waals surface area contributed by atoms with Crippen LogP contribution in [-0.2, 0) is 22.4 Å². The van der Waals surface area contributed by atoms with E-state index in [9.17, 15) is 9.59 Å².